The van der Waals surface area contributed by atoms with Gasteiger partial charge in [0.1, 0.15) is 0 Å². The zero-order valence-corrected chi connectivity index (χ0v) is 21.2. The number of rotatable bonds is 6. The van der Waals surface area contributed by atoms with Crippen LogP contribution < -0.4 is 0 Å². The monoisotopic (exact) mass is 434 g/mol. The van der Waals surface area contributed by atoms with E-state index in [0.29, 0.717) is 11.3 Å². The number of ether oxygens (including phenoxy) is 2. The Kier molecular flexibility index (Phi) is 7.17. The van der Waals surface area contributed by atoms with Crippen LogP contribution in [-0.2, 0) is 9.47 Å². The van der Waals surface area contributed by atoms with Crippen LogP contribution in [0, 0.1) is 46.3 Å². The highest BCUT2D eigenvalue weighted by atomic mass is 16.7. The number of fused-ring (bicyclic) bond motifs is 5. The van der Waals surface area contributed by atoms with Gasteiger partial charge in [0.05, 0.1) is 12.2 Å². The Labute approximate surface area is 192 Å². The molecule has 3 aliphatic carbocycles. The SMILES string of the molecule is CO[C@H]1C[C@@H]2[C@H](CC[C@]3(C)[C@@H]([C@H](C)CCCC(C)C)CC[C@@H]23)[C@@]2(C)CC[C@H](O)C[C@@H]2O1. The number of aliphatic hydroxyl groups excluding tert-OH is 1. The number of hydrogen-bond acceptors (Lipinski definition) is 3. The molecule has 0 bridgehead atoms. The molecule has 180 valence electrons. The molecule has 0 unspecified atom stereocenters. The van der Waals surface area contributed by atoms with Gasteiger partial charge in [-0.3, -0.25) is 0 Å². The van der Waals surface area contributed by atoms with E-state index in [1.807, 2.05) is 7.11 Å². The number of hydrogen-bond donors (Lipinski definition) is 1. The van der Waals surface area contributed by atoms with Crippen LogP contribution in [0.25, 0.3) is 0 Å². The Morgan fingerprint density at radius 3 is 2.35 bits per heavy atom. The lowest BCUT2D eigenvalue weighted by atomic mass is 9.49. The molecule has 0 amide bonds. The van der Waals surface area contributed by atoms with Crippen molar-refractivity contribution < 1.29 is 14.6 Å². The summed E-state index contributed by atoms with van der Waals surface area (Å²) in [5, 5.41) is 10.4. The van der Waals surface area contributed by atoms with E-state index in [2.05, 4.69) is 34.6 Å². The minimum Gasteiger partial charge on any atom is -0.393 e. The molecule has 3 heteroatoms. The van der Waals surface area contributed by atoms with Crippen molar-refractivity contribution >= 4 is 0 Å². The Balaban J connectivity index is 1.54. The molecule has 1 N–H and O–H groups in total. The van der Waals surface area contributed by atoms with Crippen LogP contribution in [0.1, 0.15) is 105 Å². The first-order chi connectivity index (χ1) is 14.7. The predicted octanol–water partition coefficient (Wildman–Crippen LogP) is 6.82. The zero-order valence-electron chi connectivity index (χ0n) is 21.2. The van der Waals surface area contributed by atoms with Crippen molar-refractivity contribution in [3.05, 3.63) is 0 Å². The van der Waals surface area contributed by atoms with E-state index in [0.717, 1.165) is 55.3 Å². The van der Waals surface area contributed by atoms with Gasteiger partial charge in [-0.15, -0.1) is 0 Å². The molecule has 0 spiro atoms. The molecule has 1 heterocycles. The van der Waals surface area contributed by atoms with Gasteiger partial charge in [-0.05, 0) is 84.9 Å². The molecule has 4 aliphatic rings. The highest BCUT2D eigenvalue weighted by Crippen LogP contribution is 2.66. The van der Waals surface area contributed by atoms with Crippen molar-refractivity contribution in [2.75, 3.05) is 7.11 Å². The van der Waals surface area contributed by atoms with Crippen molar-refractivity contribution in [1.82, 2.24) is 0 Å². The third-order valence-electron chi connectivity index (χ3n) is 10.8. The lowest BCUT2D eigenvalue weighted by molar-refractivity contribution is -0.197. The van der Waals surface area contributed by atoms with E-state index >= 15 is 0 Å². The van der Waals surface area contributed by atoms with Crippen LogP contribution in [-0.4, -0.2) is 30.7 Å². The normalized spacial score (nSPS) is 48.6. The van der Waals surface area contributed by atoms with Crippen LogP contribution in [0.15, 0.2) is 0 Å². The van der Waals surface area contributed by atoms with Gasteiger partial charge in [0.25, 0.3) is 0 Å². The van der Waals surface area contributed by atoms with Gasteiger partial charge >= 0.3 is 0 Å². The third-order valence-corrected chi connectivity index (χ3v) is 10.8. The summed E-state index contributed by atoms with van der Waals surface area (Å²) in [5.74, 6) is 4.80. The standard InChI is InChI=1S/C28H50O3/c1-18(2)8-7-9-19(3)22-10-11-23-21-17-26(30-6)31-25-16-20(29)12-14-28(25,5)24(21)13-15-27(22,23)4/h18-26,29H,7-17H2,1-6H3/t19-,20+,21+,22-,23+,24+,25+,26-,27-,28-/m1/s1. The Hall–Kier alpha value is -0.120. The lowest BCUT2D eigenvalue weighted by Crippen LogP contribution is -2.52. The van der Waals surface area contributed by atoms with Crippen LogP contribution >= 0.6 is 0 Å². The molecule has 1 saturated heterocycles. The van der Waals surface area contributed by atoms with E-state index < -0.39 is 0 Å². The summed E-state index contributed by atoms with van der Waals surface area (Å²) < 4.78 is 12.5. The molecule has 0 aromatic rings. The average molecular weight is 435 g/mol. The second-order valence-electron chi connectivity index (χ2n) is 12.9. The molecular weight excluding hydrogens is 384 g/mol. The molecule has 31 heavy (non-hydrogen) atoms. The molecule has 1 aliphatic heterocycles. The van der Waals surface area contributed by atoms with Crippen molar-refractivity contribution in [3.63, 3.8) is 0 Å². The first kappa shape index (κ1) is 24.0. The van der Waals surface area contributed by atoms with Gasteiger partial charge in [-0.25, -0.2) is 0 Å². The second kappa shape index (κ2) is 9.26. The maximum absolute atomic E-state index is 10.4. The molecule has 3 nitrogen and oxygen atoms in total. The quantitative estimate of drug-likeness (QED) is 0.498. The van der Waals surface area contributed by atoms with Gasteiger partial charge in [0.15, 0.2) is 6.29 Å². The molecule has 10 atom stereocenters. The maximum Gasteiger partial charge on any atom is 0.157 e. The predicted molar refractivity (Wildman–Crippen MR) is 127 cm³/mol. The van der Waals surface area contributed by atoms with Gasteiger partial charge in [-0.2, -0.15) is 0 Å². The highest BCUT2D eigenvalue weighted by Gasteiger charge is 2.61. The topological polar surface area (TPSA) is 38.7 Å². The third kappa shape index (κ3) is 4.37. The van der Waals surface area contributed by atoms with Crippen molar-refractivity contribution in [2.45, 2.75) is 124 Å². The summed E-state index contributed by atoms with van der Waals surface area (Å²) in [6.45, 7) is 12.4. The van der Waals surface area contributed by atoms with E-state index in [9.17, 15) is 5.11 Å². The second-order valence-corrected chi connectivity index (χ2v) is 12.9. The molecule has 3 saturated carbocycles. The molecule has 0 radical (unpaired) electrons. The van der Waals surface area contributed by atoms with E-state index in [4.69, 9.17) is 9.47 Å². The number of aliphatic hydroxyl groups is 1. The highest BCUT2D eigenvalue weighted by molar-refractivity contribution is 5.09. The van der Waals surface area contributed by atoms with Crippen LogP contribution in [0.5, 0.6) is 0 Å². The first-order valence-electron chi connectivity index (χ1n) is 13.5. The summed E-state index contributed by atoms with van der Waals surface area (Å²) in [6.07, 6.45) is 13.5. The fraction of sp³-hybridized carbons (Fsp3) is 1.00. The summed E-state index contributed by atoms with van der Waals surface area (Å²) in [4.78, 5) is 0. The maximum atomic E-state index is 10.4. The fourth-order valence-electron chi connectivity index (χ4n) is 8.98. The van der Waals surface area contributed by atoms with E-state index in [1.165, 1.54) is 44.9 Å². The first-order valence-corrected chi connectivity index (χ1v) is 13.5. The Bertz CT molecular complexity index is 605. The molecule has 4 rings (SSSR count). The van der Waals surface area contributed by atoms with Gasteiger partial charge < -0.3 is 14.6 Å². The largest absolute Gasteiger partial charge is 0.393 e. The fourth-order valence-corrected chi connectivity index (χ4v) is 8.98. The molecular formula is C28H50O3. The molecule has 4 fully saturated rings. The minimum absolute atomic E-state index is 0.102. The summed E-state index contributed by atoms with van der Waals surface area (Å²) in [7, 11) is 1.82. The van der Waals surface area contributed by atoms with Crippen molar-refractivity contribution in [3.8, 4) is 0 Å². The van der Waals surface area contributed by atoms with Gasteiger partial charge in [0, 0.05) is 20.0 Å². The van der Waals surface area contributed by atoms with E-state index in [-0.39, 0.29) is 23.9 Å². The average Bonchev–Trinajstić information content (AvgIpc) is 3.01. The Morgan fingerprint density at radius 1 is 0.935 bits per heavy atom. The van der Waals surface area contributed by atoms with Gasteiger partial charge in [0.2, 0.25) is 0 Å². The lowest BCUT2D eigenvalue weighted by Gasteiger charge is -2.56. The van der Waals surface area contributed by atoms with E-state index in [1.54, 1.807) is 0 Å². The molecule has 0 aromatic heterocycles. The zero-order chi connectivity index (χ0) is 22.4. The smallest absolute Gasteiger partial charge is 0.157 e. The summed E-state index contributed by atoms with van der Waals surface area (Å²) in [6, 6.07) is 0. The van der Waals surface area contributed by atoms with Crippen LogP contribution in [0.4, 0.5) is 0 Å². The number of methoxy groups -OCH3 is 1. The summed E-state index contributed by atoms with van der Waals surface area (Å²) in [5.41, 5.74) is 0.681. The van der Waals surface area contributed by atoms with Crippen molar-refractivity contribution in [2.24, 2.45) is 46.3 Å². The van der Waals surface area contributed by atoms with Crippen LogP contribution in [0.2, 0.25) is 0 Å². The molecule has 0 aromatic carbocycles. The Morgan fingerprint density at radius 2 is 1.65 bits per heavy atom. The van der Waals surface area contributed by atoms with Crippen LogP contribution in [0.3, 0.4) is 0 Å². The minimum atomic E-state index is -0.205. The van der Waals surface area contributed by atoms with Crippen molar-refractivity contribution in [1.29, 1.82) is 0 Å². The summed E-state index contributed by atoms with van der Waals surface area (Å²) >= 11 is 0. The van der Waals surface area contributed by atoms with Gasteiger partial charge in [-0.1, -0.05) is 53.9 Å².